The Labute approximate surface area is 104 Å². The zero-order chi connectivity index (χ0) is 13.8. The lowest BCUT2D eigenvalue weighted by Crippen LogP contribution is -2.32. The number of nitro benzene ring substituents is 1. The van der Waals surface area contributed by atoms with Crippen molar-refractivity contribution >= 4 is 11.7 Å². The van der Waals surface area contributed by atoms with Crippen LogP contribution in [0, 0.1) is 21.4 Å². The highest BCUT2D eigenvalue weighted by atomic mass is 16.6. The summed E-state index contributed by atoms with van der Waals surface area (Å²) in [4.78, 5) is 21.3. The first-order chi connectivity index (χ1) is 8.41. The van der Waals surface area contributed by atoms with Gasteiger partial charge in [0, 0.05) is 18.6 Å². The van der Waals surface area contributed by atoms with E-state index in [0.717, 1.165) is 0 Å². The molecule has 6 heteroatoms. The number of rotatable bonds is 5. The van der Waals surface area contributed by atoms with Gasteiger partial charge in [-0.15, -0.1) is 0 Å². The molecule has 0 aliphatic carbocycles. The Bertz CT molecular complexity index is 504. The van der Waals surface area contributed by atoms with Crippen molar-refractivity contribution in [1.82, 2.24) is 0 Å². The van der Waals surface area contributed by atoms with Gasteiger partial charge in [0.25, 0.3) is 5.69 Å². The van der Waals surface area contributed by atoms with Crippen LogP contribution in [-0.4, -0.2) is 16.0 Å². The van der Waals surface area contributed by atoms with Crippen LogP contribution in [0.25, 0.3) is 0 Å². The maximum Gasteiger partial charge on any atom is 0.313 e. The number of aliphatic carboxylic acids is 1. The molecular weight excluding hydrogens is 236 g/mol. The summed E-state index contributed by atoms with van der Waals surface area (Å²) >= 11 is 0. The average molecular weight is 248 g/mol. The van der Waals surface area contributed by atoms with Gasteiger partial charge < -0.3 is 5.11 Å². The van der Waals surface area contributed by atoms with Gasteiger partial charge in [0.05, 0.1) is 16.4 Å². The molecule has 0 fully saturated rings. The molecule has 0 spiro atoms. The molecule has 18 heavy (non-hydrogen) atoms. The van der Waals surface area contributed by atoms with E-state index in [1.165, 1.54) is 31.2 Å². The Morgan fingerprint density at radius 2 is 2.06 bits per heavy atom. The minimum absolute atomic E-state index is 0.0910. The van der Waals surface area contributed by atoms with Crippen LogP contribution < -0.4 is 0 Å². The number of non-ortho nitro benzene ring substituents is 1. The molecule has 1 aromatic carbocycles. The number of nitrogens with zero attached hydrogens (tertiary/aromatic N) is 2. The topological polar surface area (TPSA) is 104 Å². The maximum atomic E-state index is 11.3. The van der Waals surface area contributed by atoms with Gasteiger partial charge in [0.1, 0.15) is 0 Å². The van der Waals surface area contributed by atoms with Gasteiger partial charge in [-0.3, -0.25) is 14.9 Å². The Hall–Kier alpha value is -2.42. The predicted molar refractivity (Wildman–Crippen MR) is 62.9 cm³/mol. The van der Waals surface area contributed by atoms with Crippen LogP contribution >= 0.6 is 0 Å². The lowest BCUT2D eigenvalue weighted by Gasteiger charge is -2.24. The second-order valence-corrected chi connectivity index (χ2v) is 4.10. The lowest BCUT2D eigenvalue weighted by atomic mass is 9.78. The fourth-order valence-electron chi connectivity index (χ4n) is 1.63. The number of hydrogen-bond acceptors (Lipinski definition) is 4. The summed E-state index contributed by atoms with van der Waals surface area (Å²) in [6.45, 7) is 1.51. The third-order valence-corrected chi connectivity index (χ3v) is 2.92. The third-order valence-electron chi connectivity index (χ3n) is 2.92. The molecule has 0 aliphatic rings. The fourth-order valence-corrected chi connectivity index (χ4v) is 1.63. The maximum absolute atomic E-state index is 11.3. The molecule has 1 atom stereocenters. The average Bonchev–Trinajstić information content (AvgIpc) is 2.35. The third kappa shape index (κ3) is 2.63. The van der Waals surface area contributed by atoms with E-state index in [0.29, 0.717) is 5.56 Å². The molecule has 0 aromatic heterocycles. The second kappa shape index (κ2) is 5.27. The van der Waals surface area contributed by atoms with E-state index in [1.807, 2.05) is 6.07 Å². The fraction of sp³-hybridized carbons (Fsp3) is 0.333. The second-order valence-electron chi connectivity index (χ2n) is 4.10. The molecule has 0 saturated heterocycles. The zero-order valence-corrected chi connectivity index (χ0v) is 9.79. The largest absolute Gasteiger partial charge is 0.481 e. The number of benzene rings is 1. The summed E-state index contributed by atoms with van der Waals surface area (Å²) in [6.07, 6.45) is 0.274. The minimum Gasteiger partial charge on any atom is -0.481 e. The molecule has 6 nitrogen and oxygen atoms in total. The molecule has 0 heterocycles. The van der Waals surface area contributed by atoms with Gasteiger partial charge in [-0.2, -0.15) is 5.26 Å². The zero-order valence-electron chi connectivity index (χ0n) is 9.79. The van der Waals surface area contributed by atoms with Crippen molar-refractivity contribution in [3.05, 3.63) is 39.9 Å². The molecule has 1 unspecified atom stereocenters. The van der Waals surface area contributed by atoms with Gasteiger partial charge in [0.15, 0.2) is 0 Å². The SMILES string of the molecule is CC(CCC#N)(C(=O)O)c1ccc([N+](=O)[O-])cc1. The van der Waals surface area contributed by atoms with Crippen LogP contribution in [0.4, 0.5) is 5.69 Å². The summed E-state index contributed by atoms with van der Waals surface area (Å²) in [5.74, 6) is -1.05. The van der Waals surface area contributed by atoms with Crippen molar-refractivity contribution in [3.8, 4) is 6.07 Å². The first-order valence-corrected chi connectivity index (χ1v) is 5.27. The Morgan fingerprint density at radius 1 is 1.50 bits per heavy atom. The normalized spacial score (nSPS) is 13.3. The molecule has 0 saturated carbocycles. The summed E-state index contributed by atoms with van der Waals surface area (Å²) in [7, 11) is 0. The summed E-state index contributed by atoms with van der Waals surface area (Å²) in [6, 6.07) is 7.28. The van der Waals surface area contributed by atoms with E-state index in [-0.39, 0.29) is 18.5 Å². The molecule has 0 amide bonds. The summed E-state index contributed by atoms with van der Waals surface area (Å²) in [5.41, 5.74) is -0.840. The molecule has 1 rings (SSSR count). The Kier molecular flexibility index (Phi) is 4.00. The highest BCUT2D eigenvalue weighted by molar-refractivity contribution is 5.81. The molecule has 0 bridgehead atoms. The number of nitriles is 1. The summed E-state index contributed by atoms with van der Waals surface area (Å²) < 4.78 is 0. The van der Waals surface area contributed by atoms with Gasteiger partial charge >= 0.3 is 5.97 Å². The molecule has 0 aliphatic heterocycles. The van der Waals surface area contributed by atoms with Gasteiger partial charge in [-0.05, 0) is 18.9 Å². The molecular formula is C12H12N2O4. The van der Waals surface area contributed by atoms with Gasteiger partial charge in [-0.25, -0.2) is 0 Å². The number of carbonyl (C=O) groups is 1. The lowest BCUT2D eigenvalue weighted by molar-refractivity contribution is -0.384. The Morgan fingerprint density at radius 3 is 2.44 bits per heavy atom. The van der Waals surface area contributed by atoms with Crippen molar-refractivity contribution in [2.24, 2.45) is 0 Å². The standard InChI is InChI=1S/C12H12N2O4/c1-12(11(15)16,7-2-8-13)9-3-5-10(6-4-9)14(17)18/h3-6H,2,7H2,1H3,(H,15,16). The van der Waals surface area contributed by atoms with E-state index in [1.54, 1.807) is 0 Å². The van der Waals surface area contributed by atoms with Crippen molar-refractivity contribution in [3.63, 3.8) is 0 Å². The van der Waals surface area contributed by atoms with Gasteiger partial charge in [-0.1, -0.05) is 12.1 Å². The molecule has 94 valence electrons. The number of carboxylic acids is 1. The quantitative estimate of drug-likeness (QED) is 0.635. The molecule has 1 N–H and O–H groups in total. The van der Waals surface area contributed by atoms with E-state index in [4.69, 9.17) is 5.26 Å². The summed E-state index contributed by atoms with van der Waals surface area (Å²) in [5, 5.41) is 28.3. The molecule has 1 aromatic rings. The highest BCUT2D eigenvalue weighted by Crippen LogP contribution is 2.30. The van der Waals surface area contributed by atoms with Crippen molar-refractivity contribution in [2.45, 2.75) is 25.2 Å². The number of hydrogen-bond donors (Lipinski definition) is 1. The highest BCUT2D eigenvalue weighted by Gasteiger charge is 2.34. The van der Waals surface area contributed by atoms with Crippen LogP contribution in [-0.2, 0) is 10.2 Å². The van der Waals surface area contributed by atoms with Gasteiger partial charge in [0.2, 0.25) is 0 Å². The van der Waals surface area contributed by atoms with Crippen molar-refractivity contribution < 1.29 is 14.8 Å². The predicted octanol–water partition coefficient (Wildman–Crippen LogP) is 2.24. The van der Waals surface area contributed by atoms with E-state index in [2.05, 4.69) is 0 Å². The van der Waals surface area contributed by atoms with Crippen LogP contribution in [0.15, 0.2) is 24.3 Å². The van der Waals surface area contributed by atoms with Crippen LogP contribution in [0.5, 0.6) is 0 Å². The molecule has 0 radical (unpaired) electrons. The van der Waals surface area contributed by atoms with Crippen LogP contribution in [0.3, 0.4) is 0 Å². The van der Waals surface area contributed by atoms with Crippen LogP contribution in [0.1, 0.15) is 25.3 Å². The smallest absolute Gasteiger partial charge is 0.313 e. The van der Waals surface area contributed by atoms with E-state index < -0.39 is 16.3 Å². The van der Waals surface area contributed by atoms with Crippen molar-refractivity contribution in [1.29, 1.82) is 5.26 Å². The first-order valence-electron chi connectivity index (χ1n) is 5.27. The van der Waals surface area contributed by atoms with E-state index in [9.17, 15) is 20.0 Å². The monoisotopic (exact) mass is 248 g/mol. The van der Waals surface area contributed by atoms with Crippen molar-refractivity contribution in [2.75, 3.05) is 0 Å². The Balaban J connectivity index is 3.11. The van der Waals surface area contributed by atoms with E-state index >= 15 is 0 Å². The van der Waals surface area contributed by atoms with Crippen LogP contribution in [0.2, 0.25) is 0 Å². The minimum atomic E-state index is -1.20. The first kappa shape index (κ1) is 13.6. The number of carboxylic acid groups (broad SMARTS) is 1. The number of nitro groups is 1.